The molecule has 1 saturated carbocycles. The molecule has 2 aromatic rings. The SMILES string of the molecule is COc1ccccc1C1CC(NCc2ccco2)C1. The van der Waals surface area contributed by atoms with E-state index in [0.29, 0.717) is 12.0 Å². The molecule has 0 saturated heterocycles. The first-order valence-electron chi connectivity index (χ1n) is 6.75. The van der Waals surface area contributed by atoms with Gasteiger partial charge in [0.1, 0.15) is 11.5 Å². The Balaban J connectivity index is 1.52. The van der Waals surface area contributed by atoms with Crippen LogP contribution in [0.2, 0.25) is 0 Å². The van der Waals surface area contributed by atoms with E-state index in [9.17, 15) is 0 Å². The zero-order chi connectivity index (χ0) is 13.1. The molecule has 1 fully saturated rings. The summed E-state index contributed by atoms with van der Waals surface area (Å²) in [6.07, 6.45) is 4.05. The fraction of sp³-hybridized carbons (Fsp3) is 0.375. The molecule has 0 aliphatic heterocycles. The summed E-state index contributed by atoms with van der Waals surface area (Å²) in [5, 5.41) is 3.52. The van der Waals surface area contributed by atoms with E-state index in [4.69, 9.17) is 9.15 Å². The molecule has 3 heteroatoms. The maximum Gasteiger partial charge on any atom is 0.122 e. The fourth-order valence-corrected chi connectivity index (χ4v) is 2.70. The Morgan fingerprint density at radius 2 is 2.05 bits per heavy atom. The van der Waals surface area contributed by atoms with Crippen molar-refractivity contribution in [2.24, 2.45) is 0 Å². The highest BCUT2D eigenvalue weighted by molar-refractivity contribution is 5.37. The Bertz CT molecular complexity index is 515. The van der Waals surface area contributed by atoms with Crippen LogP contribution >= 0.6 is 0 Å². The molecule has 0 unspecified atom stereocenters. The summed E-state index contributed by atoms with van der Waals surface area (Å²) in [6.45, 7) is 0.816. The minimum Gasteiger partial charge on any atom is -0.496 e. The lowest BCUT2D eigenvalue weighted by molar-refractivity contribution is 0.275. The highest BCUT2D eigenvalue weighted by Crippen LogP contribution is 2.40. The number of hydrogen-bond donors (Lipinski definition) is 1. The van der Waals surface area contributed by atoms with Gasteiger partial charge in [-0.1, -0.05) is 18.2 Å². The second-order valence-electron chi connectivity index (χ2n) is 5.07. The second kappa shape index (κ2) is 5.49. The Hall–Kier alpha value is -1.74. The van der Waals surface area contributed by atoms with E-state index in [1.807, 2.05) is 24.3 Å². The molecule has 1 heterocycles. The van der Waals surface area contributed by atoms with Crippen molar-refractivity contribution >= 4 is 0 Å². The predicted molar refractivity (Wildman–Crippen MR) is 74.3 cm³/mol. The standard InChI is InChI=1S/C16H19NO2/c1-18-16-7-3-2-6-15(16)12-9-13(10-12)17-11-14-5-4-8-19-14/h2-8,12-13,17H,9-11H2,1H3. The molecule has 1 aromatic carbocycles. The van der Waals surface area contributed by atoms with Crippen LogP contribution in [0.4, 0.5) is 0 Å². The number of nitrogens with one attached hydrogen (secondary N) is 1. The van der Waals surface area contributed by atoms with Crippen LogP contribution < -0.4 is 10.1 Å². The van der Waals surface area contributed by atoms with Crippen molar-refractivity contribution in [3.63, 3.8) is 0 Å². The van der Waals surface area contributed by atoms with E-state index in [1.165, 1.54) is 18.4 Å². The van der Waals surface area contributed by atoms with Gasteiger partial charge < -0.3 is 14.5 Å². The van der Waals surface area contributed by atoms with Crippen LogP contribution in [-0.4, -0.2) is 13.2 Å². The molecule has 1 aromatic heterocycles. The molecular weight excluding hydrogens is 238 g/mol. The fourth-order valence-electron chi connectivity index (χ4n) is 2.70. The van der Waals surface area contributed by atoms with Crippen molar-refractivity contribution in [3.05, 3.63) is 54.0 Å². The van der Waals surface area contributed by atoms with Gasteiger partial charge in [-0.25, -0.2) is 0 Å². The topological polar surface area (TPSA) is 34.4 Å². The minimum absolute atomic E-state index is 0.583. The number of para-hydroxylation sites is 1. The third kappa shape index (κ3) is 2.66. The van der Waals surface area contributed by atoms with Gasteiger partial charge in [-0.3, -0.25) is 0 Å². The van der Waals surface area contributed by atoms with Crippen LogP contribution in [0, 0.1) is 0 Å². The normalized spacial score (nSPS) is 21.9. The first kappa shape index (κ1) is 12.3. The van der Waals surface area contributed by atoms with Gasteiger partial charge in [-0.2, -0.15) is 0 Å². The molecule has 0 radical (unpaired) electrons. The number of ether oxygens (including phenoxy) is 1. The maximum absolute atomic E-state index is 5.42. The smallest absolute Gasteiger partial charge is 0.122 e. The molecule has 1 aliphatic carbocycles. The van der Waals surface area contributed by atoms with Gasteiger partial charge in [0.25, 0.3) is 0 Å². The Labute approximate surface area is 113 Å². The van der Waals surface area contributed by atoms with Crippen molar-refractivity contribution in [1.29, 1.82) is 0 Å². The molecule has 3 rings (SSSR count). The monoisotopic (exact) mass is 257 g/mol. The lowest BCUT2D eigenvalue weighted by atomic mass is 9.75. The number of furan rings is 1. The highest BCUT2D eigenvalue weighted by atomic mass is 16.5. The number of hydrogen-bond acceptors (Lipinski definition) is 3. The van der Waals surface area contributed by atoms with Gasteiger partial charge in [0, 0.05) is 6.04 Å². The molecule has 0 amide bonds. The van der Waals surface area contributed by atoms with Crippen LogP contribution in [-0.2, 0) is 6.54 Å². The van der Waals surface area contributed by atoms with E-state index in [-0.39, 0.29) is 0 Å². The number of benzene rings is 1. The lowest BCUT2D eigenvalue weighted by Gasteiger charge is -2.36. The van der Waals surface area contributed by atoms with Gasteiger partial charge in [0.15, 0.2) is 0 Å². The Morgan fingerprint density at radius 1 is 1.21 bits per heavy atom. The molecular formula is C16H19NO2. The van der Waals surface area contributed by atoms with Crippen LogP contribution in [0.5, 0.6) is 5.75 Å². The summed E-state index contributed by atoms with van der Waals surface area (Å²) in [5.41, 5.74) is 1.33. The van der Waals surface area contributed by atoms with Gasteiger partial charge >= 0.3 is 0 Å². The Kier molecular flexibility index (Phi) is 3.56. The van der Waals surface area contributed by atoms with Gasteiger partial charge in [0.2, 0.25) is 0 Å². The molecule has 19 heavy (non-hydrogen) atoms. The van der Waals surface area contributed by atoms with Crippen LogP contribution in [0.1, 0.15) is 30.1 Å². The van der Waals surface area contributed by atoms with E-state index >= 15 is 0 Å². The Morgan fingerprint density at radius 3 is 2.79 bits per heavy atom. The summed E-state index contributed by atoms with van der Waals surface area (Å²) in [6, 6.07) is 12.8. The van der Waals surface area contributed by atoms with E-state index in [1.54, 1.807) is 13.4 Å². The van der Waals surface area contributed by atoms with Crippen molar-refractivity contribution in [2.45, 2.75) is 31.3 Å². The zero-order valence-electron chi connectivity index (χ0n) is 11.1. The van der Waals surface area contributed by atoms with Gasteiger partial charge in [-0.05, 0) is 42.5 Å². The van der Waals surface area contributed by atoms with E-state index in [0.717, 1.165) is 18.1 Å². The van der Waals surface area contributed by atoms with Crippen molar-refractivity contribution in [2.75, 3.05) is 7.11 Å². The van der Waals surface area contributed by atoms with E-state index < -0.39 is 0 Å². The molecule has 1 N–H and O–H groups in total. The average Bonchev–Trinajstić information content (AvgIpc) is 2.90. The van der Waals surface area contributed by atoms with Crippen molar-refractivity contribution in [1.82, 2.24) is 5.32 Å². The first-order valence-corrected chi connectivity index (χ1v) is 6.75. The number of methoxy groups -OCH3 is 1. The average molecular weight is 257 g/mol. The van der Waals surface area contributed by atoms with Crippen LogP contribution in [0.25, 0.3) is 0 Å². The highest BCUT2D eigenvalue weighted by Gasteiger charge is 2.31. The molecule has 0 bridgehead atoms. The summed E-state index contributed by atoms with van der Waals surface area (Å²) in [7, 11) is 1.74. The van der Waals surface area contributed by atoms with Crippen LogP contribution in [0.3, 0.4) is 0 Å². The predicted octanol–water partition coefficient (Wildman–Crippen LogP) is 3.32. The molecule has 3 nitrogen and oxygen atoms in total. The van der Waals surface area contributed by atoms with Gasteiger partial charge in [-0.15, -0.1) is 0 Å². The first-order chi connectivity index (χ1) is 9.36. The molecule has 0 atom stereocenters. The van der Waals surface area contributed by atoms with Crippen molar-refractivity contribution < 1.29 is 9.15 Å². The summed E-state index contributed by atoms with van der Waals surface area (Å²) in [4.78, 5) is 0. The third-order valence-electron chi connectivity index (χ3n) is 3.86. The minimum atomic E-state index is 0.583. The molecule has 0 spiro atoms. The molecule has 100 valence electrons. The summed E-state index contributed by atoms with van der Waals surface area (Å²) >= 11 is 0. The summed E-state index contributed by atoms with van der Waals surface area (Å²) in [5.74, 6) is 2.63. The zero-order valence-corrected chi connectivity index (χ0v) is 11.1. The van der Waals surface area contributed by atoms with Gasteiger partial charge in [0.05, 0.1) is 19.9 Å². The van der Waals surface area contributed by atoms with E-state index in [2.05, 4.69) is 17.4 Å². The number of rotatable bonds is 5. The largest absolute Gasteiger partial charge is 0.496 e. The van der Waals surface area contributed by atoms with Crippen LogP contribution in [0.15, 0.2) is 47.1 Å². The maximum atomic E-state index is 5.42. The molecule has 1 aliphatic rings. The van der Waals surface area contributed by atoms with Crippen molar-refractivity contribution in [3.8, 4) is 5.75 Å². The third-order valence-corrected chi connectivity index (χ3v) is 3.86. The quantitative estimate of drug-likeness (QED) is 0.892. The summed E-state index contributed by atoms with van der Waals surface area (Å²) < 4.78 is 10.7. The second-order valence-corrected chi connectivity index (χ2v) is 5.07. The lowest BCUT2D eigenvalue weighted by Crippen LogP contribution is -2.39.